The third-order valence-electron chi connectivity index (χ3n) is 3.46. The molecule has 1 aromatic heterocycles. The lowest BCUT2D eigenvalue weighted by atomic mass is 10.1. The number of anilines is 1. The van der Waals surface area contributed by atoms with Gasteiger partial charge >= 0.3 is 6.16 Å². The molecule has 0 bridgehead atoms. The Kier molecular flexibility index (Phi) is 3.21. The summed E-state index contributed by atoms with van der Waals surface area (Å²) >= 11 is 0. The van der Waals surface area contributed by atoms with Gasteiger partial charge in [0.1, 0.15) is 5.69 Å². The molecule has 0 aliphatic heterocycles. The number of benzene rings is 1. The molecule has 116 valence electrons. The highest BCUT2D eigenvalue weighted by atomic mass is 19.1. The highest BCUT2D eigenvalue weighted by Gasteiger charge is 2.29. The van der Waals surface area contributed by atoms with Gasteiger partial charge in [0, 0.05) is 6.04 Å². The molecule has 2 aromatic rings. The van der Waals surface area contributed by atoms with Crippen molar-refractivity contribution in [2.45, 2.75) is 18.9 Å². The molecule has 0 saturated heterocycles. The number of nitrogen functional groups attached to an aromatic ring is 1. The monoisotopic (exact) mass is 311 g/mol. The maximum Gasteiger partial charge on any atom is 0.511 e. The van der Waals surface area contributed by atoms with Crippen molar-refractivity contribution in [2.75, 3.05) is 5.43 Å². The standard InChI is InChI=1S/C13H11F2N3O4/c14-7-3-6-11(9(15)10(7)17-16)18(5-1-2-5)4-8(12(6)19)22-13(20)21/h3-5,17H,1-2,16H2,(H,20,21). The lowest BCUT2D eigenvalue weighted by Crippen LogP contribution is -2.19. The summed E-state index contributed by atoms with van der Waals surface area (Å²) in [6.45, 7) is 0. The average Bonchev–Trinajstić information content (AvgIpc) is 3.26. The number of nitrogens with one attached hydrogen (secondary N) is 1. The number of fused-ring (bicyclic) bond motifs is 1. The van der Waals surface area contributed by atoms with Crippen molar-refractivity contribution in [2.24, 2.45) is 5.84 Å². The van der Waals surface area contributed by atoms with Gasteiger partial charge in [0.15, 0.2) is 17.4 Å². The van der Waals surface area contributed by atoms with E-state index in [9.17, 15) is 18.4 Å². The van der Waals surface area contributed by atoms with Gasteiger partial charge in [-0.25, -0.2) is 13.6 Å². The molecule has 3 rings (SSSR count). The Morgan fingerprint density at radius 1 is 1.45 bits per heavy atom. The number of hydrogen-bond donors (Lipinski definition) is 3. The minimum Gasteiger partial charge on any atom is -0.449 e. The highest BCUT2D eigenvalue weighted by molar-refractivity contribution is 5.85. The molecule has 0 atom stereocenters. The van der Waals surface area contributed by atoms with Crippen LogP contribution in [0.15, 0.2) is 17.1 Å². The summed E-state index contributed by atoms with van der Waals surface area (Å²) in [7, 11) is 0. The number of hydrogen-bond acceptors (Lipinski definition) is 5. The first-order valence-electron chi connectivity index (χ1n) is 6.38. The first-order valence-corrected chi connectivity index (χ1v) is 6.38. The minimum atomic E-state index is -1.68. The van der Waals surface area contributed by atoms with Crippen LogP contribution in [0.3, 0.4) is 0 Å². The molecule has 0 amide bonds. The van der Waals surface area contributed by atoms with Crippen LogP contribution in [0.2, 0.25) is 0 Å². The van der Waals surface area contributed by atoms with Gasteiger partial charge in [0.25, 0.3) is 0 Å². The number of carbonyl (C=O) groups is 1. The first kappa shape index (κ1) is 14.3. The molecule has 1 fully saturated rings. The number of hydrazine groups is 1. The third-order valence-corrected chi connectivity index (χ3v) is 3.46. The topological polar surface area (TPSA) is 107 Å². The van der Waals surface area contributed by atoms with Crippen LogP contribution in [0.4, 0.5) is 19.3 Å². The molecule has 0 radical (unpaired) electrons. The van der Waals surface area contributed by atoms with Crippen LogP contribution in [0.5, 0.6) is 5.75 Å². The number of ether oxygens (including phenoxy) is 1. The Balaban J connectivity index is 2.40. The Labute approximate surface area is 121 Å². The van der Waals surface area contributed by atoms with Gasteiger partial charge in [0.2, 0.25) is 5.43 Å². The van der Waals surface area contributed by atoms with E-state index in [4.69, 9.17) is 10.9 Å². The van der Waals surface area contributed by atoms with Crippen LogP contribution in [0, 0.1) is 11.6 Å². The Morgan fingerprint density at radius 3 is 2.68 bits per heavy atom. The molecule has 1 aliphatic rings. The quantitative estimate of drug-likeness (QED) is 0.454. The summed E-state index contributed by atoms with van der Waals surface area (Å²) in [5.74, 6) is 2.53. The molecular weight excluding hydrogens is 300 g/mol. The number of aromatic nitrogens is 1. The maximum atomic E-state index is 14.5. The van der Waals surface area contributed by atoms with Crippen LogP contribution in [0.25, 0.3) is 10.9 Å². The van der Waals surface area contributed by atoms with E-state index in [-0.39, 0.29) is 16.9 Å². The molecular formula is C13H11F2N3O4. The van der Waals surface area contributed by atoms with Gasteiger partial charge in [-0.3, -0.25) is 10.6 Å². The summed E-state index contributed by atoms with van der Waals surface area (Å²) in [5.41, 5.74) is 0.310. The predicted octanol–water partition coefficient (Wildman–Crippen LogP) is 1.96. The largest absolute Gasteiger partial charge is 0.511 e. The van der Waals surface area contributed by atoms with Crippen molar-refractivity contribution >= 4 is 22.7 Å². The van der Waals surface area contributed by atoms with E-state index in [2.05, 4.69) is 4.74 Å². The van der Waals surface area contributed by atoms with E-state index in [1.165, 1.54) is 4.57 Å². The van der Waals surface area contributed by atoms with Crippen molar-refractivity contribution in [3.8, 4) is 5.75 Å². The highest BCUT2D eigenvalue weighted by Crippen LogP contribution is 2.39. The molecule has 0 spiro atoms. The average molecular weight is 311 g/mol. The van der Waals surface area contributed by atoms with Gasteiger partial charge in [-0.15, -0.1) is 0 Å². The second-order valence-electron chi connectivity index (χ2n) is 4.92. The first-order chi connectivity index (χ1) is 10.4. The molecule has 22 heavy (non-hydrogen) atoms. The SMILES string of the molecule is NNc1c(F)cc2c(=O)c(OC(=O)O)cn(C3CC3)c2c1F. The van der Waals surface area contributed by atoms with Crippen molar-refractivity contribution in [3.05, 3.63) is 34.1 Å². The molecule has 1 aromatic carbocycles. The molecule has 4 N–H and O–H groups in total. The van der Waals surface area contributed by atoms with Crippen LogP contribution >= 0.6 is 0 Å². The van der Waals surface area contributed by atoms with Gasteiger partial charge in [-0.1, -0.05) is 0 Å². The molecule has 9 heteroatoms. The van der Waals surface area contributed by atoms with E-state index in [1.807, 2.05) is 5.43 Å². The third kappa shape index (κ3) is 2.15. The van der Waals surface area contributed by atoms with E-state index < -0.39 is 34.7 Å². The Hall–Kier alpha value is -2.68. The van der Waals surface area contributed by atoms with E-state index in [0.29, 0.717) is 0 Å². The normalized spacial score (nSPS) is 14.1. The molecule has 1 aliphatic carbocycles. The van der Waals surface area contributed by atoms with E-state index in [1.54, 1.807) is 0 Å². The number of rotatable bonds is 3. The van der Waals surface area contributed by atoms with Gasteiger partial charge in [0.05, 0.1) is 17.1 Å². The zero-order chi connectivity index (χ0) is 16.0. The maximum absolute atomic E-state index is 14.5. The summed E-state index contributed by atoms with van der Waals surface area (Å²) in [6, 6.07) is 0.702. The number of carboxylic acid groups (broad SMARTS) is 1. The number of halogens is 2. The molecule has 1 heterocycles. The van der Waals surface area contributed by atoms with E-state index >= 15 is 0 Å². The van der Waals surface area contributed by atoms with Crippen LogP contribution in [-0.4, -0.2) is 15.8 Å². The number of nitrogens with zero attached hydrogens (tertiary/aromatic N) is 1. The fourth-order valence-electron chi connectivity index (χ4n) is 2.36. The van der Waals surface area contributed by atoms with Crippen molar-refractivity contribution in [1.29, 1.82) is 0 Å². The summed E-state index contributed by atoms with van der Waals surface area (Å²) in [5, 5.41) is 8.35. The summed E-state index contributed by atoms with van der Waals surface area (Å²) in [4.78, 5) is 22.8. The van der Waals surface area contributed by atoms with E-state index in [0.717, 1.165) is 25.1 Å². The Bertz CT molecular complexity index is 846. The predicted molar refractivity (Wildman–Crippen MR) is 72.9 cm³/mol. The van der Waals surface area contributed by atoms with Crippen LogP contribution in [-0.2, 0) is 0 Å². The second kappa shape index (κ2) is 4.95. The molecule has 0 unspecified atom stereocenters. The van der Waals surface area contributed by atoms with Crippen molar-refractivity contribution in [3.63, 3.8) is 0 Å². The zero-order valence-corrected chi connectivity index (χ0v) is 11.1. The number of nitrogens with two attached hydrogens (primary N) is 1. The van der Waals surface area contributed by atoms with Crippen LogP contribution < -0.4 is 21.4 Å². The fraction of sp³-hybridized carbons (Fsp3) is 0.231. The zero-order valence-electron chi connectivity index (χ0n) is 11.1. The van der Waals surface area contributed by atoms with Crippen LogP contribution in [0.1, 0.15) is 18.9 Å². The Morgan fingerprint density at radius 2 is 2.14 bits per heavy atom. The fourth-order valence-corrected chi connectivity index (χ4v) is 2.36. The second-order valence-corrected chi connectivity index (χ2v) is 4.92. The van der Waals surface area contributed by atoms with Gasteiger partial charge < -0.3 is 19.8 Å². The molecule has 7 nitrogen and oxygen atoms in total. The minimum absolute atomic E-state index is 0.107. The molecule has 1 saturated carbocycles. The van der Waals surface area contributed by atoms with Gasteiger partial charge in [-0.05, 0) is 18.9 Å². The van der Waals surface area contributed by atoms with Crippen molar-refractivity contribution < 1.29 is 23.4 Å². The summed E-state index contributed by atoms with van der Waals surface area (Å²) in [6.07, 6.45) is 0.900. The van der Waals surface area contributed by atoms with Gasteiger partial charge in [-0.2, -0.15) is 0 Å². The lowest BCUT2D eigenvalue weighted by molar-refractivity contribution is 0.143. The lowest BCUT2D eigenvalue weighted by Gasteiger charge is -2.15. The summed E-state index contributed by atoms with van der Waals surface area (Å²) < 4.78 is 34.1. The number of pyridine rings is 1. The van der Waals surface area contributed by atoms with Crippen molar-refractivity contribution in [1.82, 2.24) is 4.57 Å². The smallest absolute Gasteiger partial charge is 0.449 e.